The monoisotopic (exact) mass is 909 g/mol. The first kappa shape index (κ1) is 44.7. The maximum Gasteiger partial charge on any atom is 0.223 e. The van der Waals surface area contributed by atoms with Crippen LogP contribution in [0.2, 0.25) is 15.6 Å². The summed E-state index contributed by atoms with van der Waals surface area (Å²) in [5.41, 5.74) is 14.5. The molecule has 61 heavy (non-hydrogen) atoms. The Bertz CT molecular complexity index is 2660. The molecule has 13 nitrogen and oxygen atoms in total. The maximum absolute atomic E-state index is 5.95. The zero-order valence-corrected chi connectivity index (χ0v) is 36.6. The lowest BCUT2D eigenvalue weighted by Crippen LogP contribution is -2.34. The van der Waals surface area contributed by atoms with Crippen LogP contribution < -0.4 is 27.0 Å². The molecule has 0 unspecified atom stereocenters. The second-order valence-electron chi connectivity index (χ2n) is 13.2. The highest BCUT2D eigenvalue weighted by molar-refractivity contribution is 7.80. The molecule has 0 aliphatic carbocycles. The minimum atomic E-state index is 0.178. The normalized spacial score (nSPS) is 10.6. The first-order chi connectivity index (χ1) is 29.7. The van der Waals surface area contributed by atoms with Gasteiger partial charge in [0, 0.05) is 87.1 Å². The van der Waals surface area contributed by atoms with Gasteiger partial charge in [0.05, 0.1) is 0 Å². The van der Waals surface area contributed by atoms with Gasteiger partial charge in [-0.05, 0) is 112 Å². The van der Waals surface area contributed by atoms with Gasteiger partial charge < -0.3 is 37.0 Å². The van der Waals surface area contributed by atoms with Crippen LogP contribution in [0.4, 0.5) is 0 Å². The van der Waals surface area contributed by atoms with Crippen LogP contribution >= 0.6 is 59.2 Å². The molecule has 18 heteroatoms. The van der Waals surface area contributed by atoms with Crippen LogP contribution in [0.5, 0.6) is 0 Å². The standard InChI is InChI=1S/C22H21ClN6S.C17H19N5S.C4H2Cl2N2/c23-19-9-12-24-20(29-19)6-5-15-3-1-2-4-16(15)13-27-22(30)28-14-17-7-10-25-21-18(17)8-11-26-21;18-9-12-3-1-2-4-13(12)10-21-17(23)22-11-14-5-7-19-16-15(14)6-8-20-16;5-3-1-2-7-4(6)8-3/h1-4,7-12H,5-6,13-14H2,(H,25,26)(H2,27,28,30);1-8H,9-11,18H2,(H,19,20)(H2,21,22,23);1-2H. The third-order valence-corrected chi connectivity index (χ3v) is 10.4. The molecule has 0 atom stereocenters. The summed E-state index contributed by atoms with van der Waals surface area (Å²) in [6.07, 6.45) is 12.1. The molecule has 0 radical (unpaired) electrons. The summed E-state index contributed by atoms with van der Waals surface area (Å²) in [5, 5.41) is 17.5. The number of hydrogen-bond acceptors (Lipinski definition) is 9. The lowest BCUT2D eigenvalue weighted by Gasteiger charge is -2.14. The number of halogens is 3. The smallest absolute Gasteiger partial charge is 0.223 e. The van der Waals surface area contributed by atoms with Gasteiger partial charge in [-0.15, -0.1) is 0 Å². The lowest BCUT2D eigenvalue weighted by atomic mass is 10.0. The zero-order valence-electron chi connectivity index (χ0n) is 32.7. The SMILES string of the molecule is Clc1ccnc(Cl)n1.NCc1ccccc1CNC(=S)NCc1ccnc2[nH]ccc12.S=C(NCc1ccccc1CCc1nccc(Cl)n1)NCc1ccnc2[nH]ccc12. The fraction of sp³-hybridized carbons (Fsp3) is 0.163. The van der Waals surface area contributed by atoms with Crippen LogP contribution in [-0.2, 0) is 45.6 Å². The zero-order chi connectivity index (χ0) is 42.8. The summed E-state index contributed by atoms with van der Waals surface area (Å²) in [6.45, 7) is 3.13. The highest BCUT2D eigenvalue weighted by atomic mass is 35.5. The van der Waals surface area contributed by atoms with E-state index in [0.717, 1.165) is 63.0 Å². The predicted octanol–water partition coefficient (Wildman–Crippen LogP) is 7.93. The van der Waals surface area contributed by atoms with Gasteiger partial charge in [-0.1, -0.05) is 71.7 Å². The number of nitrogens with zero attached hydrogens (tertiary/aromatic N) is 6. The van der Waals surface area contributed by atoms with E-state index in [1.54, 1.807) is 30.7 Å². The Morgan fingerprint density at radius 2 is 0.967 bits per heavy atom. The van der Waals surface area contributed by atoms with Crippen LogP contribution in [0.3, 0.4) is 0 Å². The number of nitrogens with two attached hydrogens (primary N) is 1. The Balaban J connectivity index is 0.000000177. The van der Waals surface area contributed by atoms with Gasteiger partial charge in [0.2, 0.25) is 5.28 Å². The Labute approximate surface area is 378 Å². The van der Waals surface area contributed by atoms with Gasteiger partial charge in [0.1, 0.15) is 27.4 Å². The second kappa shape index (κ2) is 23.3. The van der Waals surface area contributed by atoms with Crippen LogP contribution in [0.15, 0.2) is 122 Å². The quantitative estimate of drug-likeness (QED) is 0.0357. The number of hydrogen-bond donors (Lipinski definition) is 7. The van der Waals surface area contributed by atoms with Crippen molar-refractivity contribution in [3.8, 4) is 0 Å². The Kier molecular flexibility index (Phi) is 17.1. The minimum Gasteiger partial charge on any atom is -0.359 e. The molecule has 8 aromatic rings. The van der Waals surface area contributed by atoms with Crippen LogP contribution in [0.1, 0.15) is 39.2 Å². The molecule has 312 valence electrons. The molecule has 0 spiro atoms. The van der Waals surface area contributed by atoms with Gasteiger partial charge in [0.15, 0.2) is 10.2 Å². The summed E-state index contributed by atoms with van der Waals surface area (Å²) in [7, 11) is 0. The Morgan fingerprint density at radius 1 is 0.508 bits per heavy atom. The number of aromatic nitrogens is 8. The number of fused-ring (bicyclic) bond motifs is 2. The van der Waals surface area contributed by atoms with E-state index in [4.69, 9.17) is 65.0 Å². The molecule has 8 N–H and O–H groups in total. The molecule has 0 aliphatic heterocycles. The molecule has 0 aliphatic rings. The number of rotatable bonds is 12. The van der Waals surface area contributed by atoms with E-state index in [0.29, 0.717) is 53.3 Å². The number of benzene rings is 2. The van der Waals surface area contributed by atoms with E-state index in [9.17, 15) is 0 Å². The topological polar surface area (TPSA) is 183 Å². The number of thiocarbonyl (C=S) groups is 2. The van der Waals surface area contributed by atoms with Crippen LogP contribution in [0, 0.1) is 0 Å². The largest absolute Gasteiger partial charge is 0.359 e. The molecule has 8 rings (SSSR count). The van der Waals surface area contributed by atoms with Crippen LogP contribution in [-0.4, -0.2) is 50.1 Å². The van der Waals surface area contributed by atoms with Gasteiger partial charge in [0.25, 0.3) is 0 Å². The highest BCUT2D eigenvalue weighted by Crippen LogP contribution is 2.17. The summed E-state index contributed by atoms with van der Waals surface area (Å²) in [6, 6.07) is 27.7. The van der Waals surface area contributed by atoms with Crippen molar-refractivity contribution < 1.29 is 0 Å². The van der Waals surface area contributed by atoms with Crippen molar-refractivity contribution in [2.75, 3.05) is 0 Å². The fourth-order valence-corrected chi connectivity index (χ4v) is 6.90. The van der Waals surface area contributed by atoms with Crippen molar-refractivity contribution in [2.45, 2.75) is 45.6 Å². The maximum atomic E-state index is 5.95. The molecular weight excluding hydrogens is 869 g/mol. The van der Waals surface area contributed by atoms with E-state index >= 15 is 0 Å². The number of nitrogens with one attached hydrogen (secondary N) is 6. The van der Waals surface area contributed by atoms with Gasteiger partial charge in [-0.3, -0.25) is 0 Å². The molecule has 0 bridgehead atoms. The van der Waals surface area contributed by atoms with Crippen molar-refractivity contribution in [2.24, 2.45) is 5.73 Å². The Hall–Kier alpha value is -5.81. The molecule has 6 heterocycles. The van der Waals surface area contributed by atoms with Gasteiger partial charge in [-0.2, -0.15) is 0 Å². The average molecular weight is 911 g/mol. The molecule has 0 saturated heterocycles. The van der Waals surface area contributed by atoms with Crippen molar-refractivity contribution >= 4 is 91.5 Å². The van der Waals surface area contributed by atoms with Crippen LogP contribution in [0.25, 0.3) is 22.1 Å². The van der Waals surface area contributed by atoms with Crippen molar-refractivity contribution in [3.05, 3.63) is 177 Å². The molecule has 6 aromatic heterocycles. The Morgan fingerprint density at radius 3 is 1.46 bits per heavy atom. The molecular formula is C43H42Cl3N13S2. The molecule has 0 amide bonds. The summed E-state index contributed by atoms with van der Waals surface area (Å²) >= 11 is 27.5. The second-order valence-corrected chi connectivity index (χ2v) is 15.1. The molecule has 2 aromatic carbocycles. The summed E-state index contributed by atoms with van der Waals surface area (Å²) < 4.78 is 0. The third-order valence-electron chi connectivity index (χ3n) is 9.20. The van der Waals surface area contributed by atoms with E-state index in [1.807, 2.05) is 67.0 Å². The van der Waals surface area contributed by atoms with E-state index in [1.165, 1.54) is 17.3 Å². The minimum absolute atomic E-state index is 0.178. The average Bonchev–Trinajstić information content (AvgIpc) is 3.97. The predicted molar refractivity (Wildman–Crippen MR) is 252 cm³/mol. The van der Waals surface area contributed by atoms with E-state index < -0.39 is 0 Å². The number of aromatic amines is 2. The molecule has 0 saturated carbocycles. The van der Waals surface area contributed by atoms with E-state index in [2.05, 4.69) is 79.3 Å². The number of H-pyrrole nitrogens is 2. The number of aryl methyl sites for hydroxylation is 2. The van der Waals surface area contributed by atoms with E-state index in [-0.39, 0.29) is 5.28 Å². The summed E-state index contributed by atoms with van der Waals surface area (Å²) in [5.74, 6) is 0.746. The first-order valence-corrected chi connectivity index (χ1v) is 21.0. The first-order valence-electron chi connectivity index (χ1n) is 19.1. The molecule has 0 fully saturated rings. The third kappa shape index (κ3) is 13.9. The van der Waals surface area contributed by atoms with Gasteiger partial charge in [-0.25, -0.2) is 29.9 Å². The van der Waals surface area contributed by atoms with Crippen molar-refractivity contribution in [1.82, 2.24) is 61.1 Å². The lowest BCUT2D eigenvalue weighted by molar-refractivity contribution is 0.808. The van der Waals surface area contributed by atoms with Gasteiger partial charge >= 0.3 is 0 Å². The highest BCUT2D eigenvalue weighted by Gasteiger charge is 2.08. The van der Waals surface area contributed by atoms with Crippen molar-refractivity contribution in [1.29, 1.82) is 0 Å². The van der Waals surface area contributed by atoms with Crippen molar-refractivity contribution in [3.63, 3.8) is 0 Å². The summed E-state index contributed by atoms with van der Waals surface area (Å²) in [4.78, 5) is 30.6. The fourth-order valence-electron chi connectivity index (χ4n) is 6.13. The number of pyridine rings is 2.